The van der Waals surface area contributed by atoms with E-state index in [1.807, 2.05) is 11.8 Å². The molecule has 0 aliphatic carbocycles. The van der Waals surface area contributed by atoms with Crippen LogP contribution >= 0.6 is 23.4 Å². The van der Waals surface area contributed by atoms with Gasteiger partial charge in [0.2, 0.25) is 0 Å². The predicted molar refractivity (Wildman–Crippen MR) is 85.3 cm³/mol. The highest BCUT2D eigenvalue weighted by Gasteiger charge is 2.27. The summed E-state index contributed by atoms with van der Waals surface area (Å²) in [6, 6.07) is 6.34. The van der Waals surface area contributed by atoms with E-state index in [9.17, 15) is 9.59 Å². The number of nitrogens with zero attached hydrogens (tertiary/aromatic N) is 2. The van der Waals surface area contributed by atoms with E-state index in [1.54, 1.807) is 29.2 Å². The van der Waals surface area contributed by atoms with Crippen LogP contribution in [0.5, 0.6) is 0 Å². The Labute approximate surface area is 132 Å². The zero-order valence-corrected chi connectivity index (χ0v) is 13.2. The van der Waals surface area contributed by atoms with E-state index >= 15 is 0 Å². The molecule has 1 aliphatic heterocycles. The lowest BCUT2D eigenvalue weighted by molar-refractivity contribution is -0.135. The Morgan fingerprint density at radius 1 is 1.43 bits per heavy atom. The molecule has 7 heteroatoms. The van der Waals surface area contributed by atoms with Crippen LogP contribution in [-0.2, 0) is 4.79 Å². The normalized spacial score (nSPS) is 18.4. The molecule has 0 spiro atoms. The molecule has 0 saturated carbocycles. The number of carboxylic acids is 1. The number of carbonyl (C=O) groups is 2. The number of carbonyl (C=O) groups excluding carboxylic acids is 1. The van der Waals surface area contributed by atoms with Crippen molar-refractivity contribution in [2.75, 3.05) is 30.3 Å². The van der Waals surface area contributed by atoms with E-state index in [0.717, 1.165) is 5.75 Å². The molecular weight excluding hydrogens is 312 g/mol. The van der Waals surface area contributed by atoms with E-state index < -0.39 is 5.97 Å². The number of anilines is 1. The zero-order valence-electron chi connectivity index (χ0n) is 11.7. The van der Waals surface area contributed by atoms with Crippen LogP contribution in [0.1, 0.15) is 6.92 Å². The number of amides is 2. The fourth-order valence-electron chi connectivity index (χ4n) is 2.19. The number of aliphatic carboxylic acids is 1. The van der Waals surface area contributed by atoms with Crippen molar-refractivity contribution < 1.29 is 14.7 Å². The van der Waals surface area contributed by atoms with Gasteiger partial charge in [0.1, 0.15) is 6.54 Å². The van der Waals surface area contributed by atoms with Crippen LogP contribution in [0, 0.1) is 0 Å². The summed E-state index contributed by atoms with van der Waals surface area (Å²) in [4.78, 5) is 26.7. The van der Waals surface area contributed by atoms with Gasteiger partial charge < -0.3 is 10.0 Å². The molecule has 1 aromatic carbocycles. The topological polar surface area (TPSA) is 60.9 Å². The molecule has 2 rings (SSSR count). The van der Waals surface area contributed by atoms with E-state index in [-0.39, 0.29) is 12.6 Å². The summed E-state index contributed by atoms with van der Waals surface area (Å²) >= 11 is 7.65. The molecule has 5 nitrogen and oxygen atoms in total. The Hall–Kier alpha value is -1.40. The Balaban J connectivity index is 2.20. The first-order chi connectivity index (χ1) is 9.97. The minimum absolute atomic E-state index is 0.271. The van der Waals surface area contributed by atoms with Gasteiger partial charge >= 0.3 is 12.0 Å². The molecule has 1 heterocycles. The number of rotatable bonds is 3. The van der Waals surface area contributed by atoms with Crippen molar-refractivity contribution in [3.8, 4) is 0 Å². The Morgan fingerprint density at radius 2 is 2.10 bits per heavy atom. The zero-order chi connectivity index (χ0) is 15.4. The van der Waals surface area contributed by atoms with Crippen LogP contribution in [0.15, 0.2) is 24.3 Å². The number of hydrogen-bond donors (Lipinski definition) is 1. The number of carboxylic acid groups (broad SMARTS) is 1. The molecule has 0 radical (unpaired) electrons. The Bertz CT molecular complexity index is 523. The van der Waals surface area contributed by atoms with Gasteiger partial charge in [-0.25, -0.2) is 4.79 Å². The second-order valence-corrected chi connectivity index (χ2v) is 6.85. The summed E-state index contributed by atoms with van der Waals surface area (Å²) in [6.07, 6.45) is 0. The lowest BCUT2D eigenvalue weighted by atomic mass is 10.3. The standard InChI is InChI=1S/C14H17ClN2O3S/c1-10-8-16(6-7-21-10)14(20)17(9-13(18)19)12-4-2-11(15)3-5-12/h2-5,10H,6-9H2,1H3,(H,18,19). The van der Waals surface area contributed by atoms with Crippen LogP contribution in [0.3, 0.4) is 0 Å². The highest BCUT2D eigenvalue weighted by atomic mass is 35.5. The summed E-state index contributed by atoms with van der Waals surface area (Å²) in [5.74, 6) is -0.174. The lowest BCUT2D eigenvalue weighted by Crippen LogP contribution is -2.50. The van der Waals surface area contributed by atoms with Gasteiger partial charge in [-0.15, -0.1) is 0 Å². The van der Waals surface area contributed by atoms with Crippen molar-refractivity contribution in [3.63, 3.8) is 0 Å². The molecule has 1 atom stereocenters. The van der Waals surface area contributed by atoms with Crippen LogP contribution in [0.25, 0.3) is 0 Å². The quantitative estimate of drug-likeness (QED) is 0.926. The number of benzene rings is 1. The van der Waals surface area contributed by atoms with Gasteiger partial charge in [0.15, 0.2) is 0 Å². The van der Waals surface area contributed by atoms with Gasteiger partial charge in [0, 0.05) is 34.8 Å². The van der Waals surface area contributed by atoms with Crippen LogP contribution in [0.4, 0.5) is 10.5 Å². The van der Waals surface area contributed by atoms with Crippen molar-refractivity contribution in [3.05, 3.63) is 29.3 Å². The number of hydrogen-bond acceptors (Lipinski definition) is 3. The maximum absolute atomic E-state index is 12.6. The van der Waals surface area contributed by atoms with Crippen LogP contribution in [-0.4, -0.2) is 52.6 Å². The van der Waals surface area contributed by atoms with Crippen molar-refractivity contribution in [1.29, 1.82) is 0 Å². The molecular formula is C14H17ClN2O3S. The molecule has 1 aromatic rings. The molecule has 2 amide bonds. The third kappa shape index (κ3) is 4.28. The largest absolute Gasteiger partial charge is 0.480 e. The summed E-state index contributed by atoms with van der Waals surface area (Å²) in [7, 11) is 0. The number of urea groups is 1. The molecule has 1 saturated heterocycles. The van der Waals surface area contributed by atoms with E-state index in [2.05, 4.69) is 6.92 Å². The summed E-state index contributed by atoms with van der Waals surface area (Å²) in [6.45, 7) is 2.97. The molecule has 114 valence electrons. The van der Waals surface area contributed by atoms with Crippen LogP contribution in [0.2, 0.25) is 5.02 Å². The summed E-state index contributed by atoms with van der Waals surface area (Å²) < 4.78 is 0. The molecule has 1 fully saturated rings. The third-order valence-electron chi connectivity index (χ3n) is 3.17. The summed E-state index contributed by atoms with van der Waals surface area (Å²) in [5, 5.41) is 9.96. The predicted octanol–water partition coefficient (Wildman–Crippen LogP) is 2.79. The lowest BCUT2D eigenvalue weighted by Gasteiger charge is -2.34. The molecule has 0 aromatic heterocycles. The molecule has 1 aliphatic rings. The van der Waals surface area contributed by atoms with Gasteiger partial charge in [0.05, 0.1) is 0 Å². The van der Waals surface area contributed by atoms with Crippen molar-refractivity contribution in [1.82, 2.24) is 4.90 Å². The van der Waals surface area contributed by atoms with Gasteiger partial charge in [-0.2, -0.15) is 11.8 Å². The molecule has 1 N–H and O–H groups in total. The van der Waals surface area contributed by atoms with Gasteiger partial charge in [-0.05, 0) is 24.3 Å². The highest BCUT2D eigenvalue weighted by molar-refractivity contribution is 7.99. The summed E-state index contributed by atoms with van der Waals surface area (Å²) in [5.41, 5.74) is 0.540. The first kappa shape index (κ1) is 16.0. The van der Waals surface area contributed by atoms with Gasteiger partial charge in [-0.3, -0.25) is 9.69 Å². The first-order valence-electron chi connectivity index (χ1n) is 6.63. The maximum atomic E-state index is 12.6. The fourth-order valence-corrected chi connectivity index (χ4v) is 3.33. The second kappa shape index (κ2) is 7.04. The third-order valence-corrected chi connectivity index (χ3v) is 4.56. The van der Waals surface area contributed by atoms with Gasteiger partial charge in [-0.1, -0.05) is 18.5 Å². The maximum Gasteiger partial charge on any atom is 0.325 e. The van der Waals surface area contributed by atoms with Crippen molar-refractivity contribution in [2.45, 2.75) is 12.2 Å². The van der Waals surface area contributed by atoms with Crippen molar-refractivity contribution in [2.24, 2.45) is 0 Å². The average Bonchev–Trinajstić information content (AvgIpc) is 2.45. The number of halogens is 1. The highest BCUT2D eigenvalue weighted by Crippen LogP contribution is 2.23. The SMILES string of the molecule is CC1CN(C(=O)N(CC(=O)O)c2ccc(Cl)cc2)CCS1. The van der Waals surface area contributed by atoms with E-state index in [1.165, 1.54) is 4.90 Å². The van der Waals surface area contributed by atoms with E-state index in [0.29, 0.717) is 29.0 Å². The van der Waals surface area contributed by atoms with Crippen LogP contribution < -0.4 is 4.90 Å². The first-order valence-corrected chi connectivity index (χ1v) is 8.05. The molecule has 0 bridgehead atoms. The Morgan fingerprint density at radius 3 is 2.67 bits per heavy atom. The van der Waals surface area contributed by atoms with E-state index in [4.69, 9.17) is 16.7 Å². The minimum atomic E-state index is -1.04. The van der Waals surface area contributed by atoms with Gasteiger partial charge in [0.25, 0.3) is 0 Å². The molecule has 1 unspecified atom stereocenters. The minimum Gasteiger partial charge on any atom is -0.480 e. The second-order valence-electron chi connectivity index (χ2n) is 4.87. The fraction of sp³-hybridized carbons (Fsp3) is 0.429. The van der Waals surface area contributed by atoms with Crippen molar-refractivity contribution >= 4 is 41.1 Å². The smallest absolute Gasteiger partial charge is 0.325 e. The number of thioether (sulfide) groups is 1. The monoisotopic (exact) mass is 328 g/mol. The molecule has 21 heavy (non-hydrogen) atoms. The average molecular weight is 329 g/mol. The Kier molecular flexibility index (Phi) is 5.36.